The average Bonchev–Trinajstić information content (AvgIpc) is 2.81. The van der Waals surface area contributed by atoms with E-state index in [1.54, 1.807) is 0 Å². The van der Waals surface area contributed by atoms with Gasteiger partial charge < -0.3 is 9.88 Å². The molecule has 1 atom stereocenters. The van der Waals surface area contributed by atoms with Crippen LogP contribution in [0.4, 0.5) is 0 Å². The highest BCUT2D eigenvalue weighted by Gasteiger charge is 2.15. The summed E-state index contributed by atoms with van der Waals surface area (Å²) in [6.45, 7) is 5.12. The van der Waals surface area contributed by atoms with E-state index in [2.05, 4.69) is 37.4 Å². The molecule has 1 aromatic heterocycles. The van der Waals surface area contributed by atoms with E-state index in [0.717, 1.165) is 17.1 Å². The Morgan fingerprint density at radius 3 is 2.48 bits per heavy atom. The van der Waals surface area contributed by atoms with Gasteiger partial charge in [-0.3, -0.25) is 0 Å². The zero-order valence-electron chi connectivity index (χ0n) is 12.6. The summed E-state index contributed by atoms with van der Waals surface area (Å²) in [4.78, 5) is 0. The van der Waals surface area contributed by atoms with Crippen LogP contribution >= 0.6 is 11.6 Å². The number of nitrogens with one attached hydrogen (secondary N) is 1. The molecule has 1 N–H and O–H groups in total. The van der Waals surface area contributed by atoms with Crippen molar-refractivity contribution in [1.82, 2.24) is 9.88 Å². The molecule has 0 saturated heterocycles. The Morgan fingerprint density at radius 2 is 1.95 bits per heavy atom. The summed E-state index contributed by atoms with van der Waals surface area (Å²) < 4.78 is 1.85. The molecule has 0 fully saturated rings. The maximum Gasteiger partial charge on any atom is 0.120 e. The normalized spacial score (nSPS) is 12.4. The molecule has 0 radical (unpaired) electrons. The Labute approximate surface area is 131 Å². The van der Waals surface area contributed by atoms with Crippen molar-refractivity contribution in [1.29, 1.82) is 5.26 Å². The molecule has 2 rings (SSSR count). The van der Waals surface area contributed by atoms with Gasteiger partial charge in [-0.05, 0) is 35.2 Å². The molecule has 1 aromatic carbocycles. The maximum atomic E-state index is 9.00. The molecule has 1 unspecified atom stereocenters. The average molecular weight is 302 g/mol. The molecule has 1 heterocycles. The fourth-order valence-corrected chi connectivity index (χ4v) is 2.60. The molecule has 0 spiro atoms. The van der Waals surface area contributed by atoms with Crippen LogP contribution in [0.5, 0.6) is 0 Å². The zero-order chi connectivity index (χ0) is 15.4. The predicted molar refractivity (Wildman–Crippen MR) is 86.0 cm³/mol. The molecule has 110 valence electrons. The van der Waals surface area contributed by atoms with Crippen molar-refractivity contribution in [2.75, 3.05) is 0 Å². The van der Waals surface area contributed by atoms with Gasteiger partial charge in [-0.2, -0.15) is 5.26 Å². The molecule has 0 bridgehead atoms. The molecule has 2 aromatic rings. The van der Waals surface area contributed by atoms with Crippen LogP contribution in [0.2, 0.25) is 5.02 Å². The number of rotatable bonds is 5. The molecule has 4 heteroatoms. The van der Waals surface area contributed by atoms with Crippen LogP contribution < -0.4 is 5.32 Å². The summed E-state index contributed by atoms with van der Waals surface area (Å²) in [5.74, 6) is 0.463. The largest absolute Gasteiger partial charge is 0.342 e. The van der Waals surface area contributed by atoms with Gasteiger partial charge in [0.2, 0.25) is 0 Å². The fourth-order valence-electron chi connectivity index (χ4n) is 2.48. The number of nitriles is 1. The van der Waals surface area contributed by atoms with Crippen molar-refractivity contribution in [3.8, 4) is 6.07 Å². The minimum absolute atomic E-state index is 0.257. The summed E-state index contributed by atoms with van der Waals surface area (Å²) >= 11 is 5.95. The van der Waals surface area contributed by atoms with Gasteiger partial charge >= 0.3 is 0 Å². The Balaban J connectivity index is 2.10. The van der Waals surface area contributed by atoms with Crippen molar-refractivity contribution in [2.24, 2.45) is 13.0 Å². The lowest BCUT2D eigenvalue weighted by Crippen LogP contribution is -2.25. The Morgan fingerprint density at radius 1 is 1.29 bits per heavy atom. The maximum absolute atomic E-state index is 9.00. The fraction of sp³-hybridized carbons (Fsp3) is 0.353. The first kappa shape index (κ1) is 15.6. The number of halogens is 1. The van der Waals surface area contributed by atoms with Crippen molar-refractivity contribution in [3.63, 3.8) is 0 Å². The second-order valence-electron chi connectivity index (χ2n) is 5.61. The first-order valence-corrected chi connectivity index (χ1v) is 7.43. The van der Waals surface area contributed by atoms with E-state index in [0.29, 0.717) is 11.6 Å². The molecule has 0 aliphatic rings. The van der Waals surface area contributed by atoms with Gasteiger partial charge in [0, 0.05) is 30.9 Å². The molecular formula is C17H20ClN3. The van der Waals surface area contributed by atoms with E-state index in [-0.39, 0.29) is 6.04 Å². The van der Waals surface area contributed by atoms with Gasteiger partial charge in [0.05, 0.1) is 0 Å². The van der Waals surface area contributed by atoms with Crippen molar-refractivity contribution in [3.05, 3.63) is 58.4 Å². The van der Waals surface area contributed by atoms with E-state index < -0.39 is 0 Å². The number of benzene rings is 1. The van der Waals surface area contributed by atoms with E-state index in [4.69, 9.17) is 16.9 Å². The van der Waals surface area contributed by atoms with Gasteiger partial charge in [0.1, 0.15) is 11.8 Å². The smallest absolute Gasteiger partial charge is 0.120 e. The second kappa shape index (κ2) is 6.80. The molecule has 0 aliphatic carbocycles. The Kier molecular flexibility index (Phi) is 5.06. The minimum atomic E-state index is 0.257. The molecular weight excluding hydrogens is 282 g/mol. The predicted octanol–water partition coefficient (Wildman–Crippen LogP) is 4.04. The minimum Gasteiger partial charge on any atom is -0.342 e. The van der Waals surface area contributed by atoms with E-state index in [1.807, 2.05) is 36.0 Å². The lowest BCUT2D eigenvalue weighted by molar-refractivity contribution is 0.410. The standard InChI is InChI=1S/C17H20ClN3/c1-12(2)17(14-4-6-15(18)7-5-14)20-10-13-8-16(9-19)21(3)11-13/h4-8,11-12,17,20H,10H2,1-3H3. The lowest BCUT2D eigenvalue weighted by atomic mass is 9.96. The van der Waals surface area contributed by atoms with Crippen LogP contribution in [0.1, 0.15) is 36.7 Å². The molecule has 3 nitrogen and oxygen atoms in total. The monoisotopic (exact) mass is 301 g/mol. The van der Waals surface area contributed by atoms with Crippen molar-refractivity contribution >= 4 is 11.6 Å². The number of hydrogen-bond donors (Lipinski definition) is 1. The van der Waals surface area contributed by atoms with E-state index in [9.17, 15) is 0 Å². The van der Waals surface area contributed by atoms with Crippen molar-refractivity contribution in [2.45, 2.75) is 26.4 Å². The van der Waals surface area contributed by atoms with E-state index >= 15 is 0 Å². The summed E-state index contributed by atoms with van der Waals surface area (Å²) in [6.07, 6.45) is 1.99. The molecule has 21 heavy (non-hydrogen) atoms. The quantitative estimate of drug-likeness (QED) is 0.905. The van der Waals surface area contributed by atoms with Crippen LogP contribution in [-0.2, 0) is 13.6 Å². The molecule has 0 saturated carbocycles. The zero-order valence-corrected chi connectivity index (χ0v) is 13.4. The second-order valence-corrected chi connectivity index (χ2v) is 6.05. The van der Waals surface area contributed by atoms with Crippen LogP contribution in [0.3, 0.4) is 0 Å². The first-order chi connectivity index (χ1) is 10.0. The third-order valence-corrected chi connectivity index (χ3v) is 3.85. The van der Waals surface area contributed by atoms with Crippen LogP contribution in [0.15, 0.2) is 36.5 Å². The highest BCUT2D eigenvalue weighted by molar-refractivity contribution is 6.30. The summed E-state index contributed by atoms with van der Waals surface area (Å²) in [7, 11) is 1.89. The number of aryl methyl sites for hydroxylation is 1. The van der Waals surface area contributed by atoms with E-state index in [1.165, 1.54) is 5.56 Å². The highest BCUT2D eigenvalue weighted by atomic mass is 35.5. The Hall–Kier alpha value is -1.76. The summed E-state index contributed by atoms with van der Waals surface area (Å²) in [6, 6.07) is 12.3. The van der Waals surface area contributed by atoms with Crippen LogP contribution in [-0.4, -0.2) is 4.57 Å². The third kappa shape index (κ3) is 3.87. The van der Waals surface area contributed by atoms with Crippen LogP contribution in [0, 0.1) is 17.2 Å². The summed E-state index contributed by atoms with van der Waals surface area (Å²) in [5, 5.41) is 13.3. The third-order valence-electron chi connectivity index (χ3n) is 3.60. The number of aromatic nitrogens is 1. The number of hydrogen-bond acceptors (Lipinski definition) is 2. The first-order valence-electron chi connectivity index (χ1n) is 7.05. The highest BCUT2D eigenvalue weighted by Crippen LogP contribution is 2.23. The van der Waals surface area contributed by atoms with Gasteiger partial charge in [0.25, 0.3) is 0 Å². The van der Waals surface area contributed by atoms with Crippen LogP contribution in [0.25, 0.3) is 0 Å². The van der Waals surface area contributed by atoms with Gasteiger partial charge in [0.15, 0.2) is 0 Å². The lowest BCUT2D eigenvalue weighted by Gasteiger charge is -2.23. The van der Waals surface area contributed by atoms with Gasteiger partial charge in [-0.1, -0.05) is 37.6 Å². The topological polar surface area (TPSA) is 40.8 Å². The van der Waals surface area contributed by atoms with Gasteiger partial charge in [-0.15, -0.1) is 0 Å². The Bertz CT molecular complexity index is 635. The molecule has 0 aliphatic heterocycles. The summed E-state index contributed by atoms with van der Waals surface area (Å²) in [5.41, 5.74) is 3.03. The SMILES string of the molecule is CC(C)C(NCc1cc(C#N)n(C)c1)c1ccc(Cl)cc1. The van der Waals surface area contributed by atoms with Gasteiger partial charge in [-0.25, -0.2) is 0 Å². The number of nitrogens with zero attached hydrogens (tertiary/aromatic N) is 2. The molecule has 0 amide bonds. The van der Waals surface area contributed by atoms with Crippen molar-refractivity contribution < 1.29 is 0 Å².